The zero-order chi connectivity index (χ0) is 13.5. The molecule has 0 saturated carbocycles. The van der Waals surface area contributed by atoms with E-state index in [4.69, 9.17) is 9.47 Å². The molecule has 0 bridgehead atoms. The minimum Gasteiger partial charge on any atom is -0.378 e. The van der Waals surface area contributed by atoms with Crippen molar-refractivity contribution in [2.75, 3.05) is 13.2 Å². The second-order valence-electron chi connectivity index (χ2n) is 6.19. The maximum absolute atomic E-state index is 6.05. The van der Waals surface area contributed by atoms with Gasteiger partial charge >= 0.3 is 0 Å². The van der Waals surface area contributed by atoms with Crippen LogP contribution in [-0.4, -0.2) is 37.5 Å². The molecular formula is C16H31NO2. The van der Waals surface area contributed by atoms with Gasteiger partial charge < -0.3 is 14.8 Å². The Kier molecular flexibility index (Phi) is 6.62. The van der Waals surface area contributed by atoms with Crippen molar-refractivity contribution < 1.29 is 9.47 Å². The van der Waals surface area contributed by atoms with Crippen molar-refractivity contribution in [3.05, 3.63) is 0 Å². The average Bonchev–Trinajstić information content (AvgIpc) is 3.05. The highest BCUT2D eigenvalue weighted by Crippen LogP contribution is 2.25. The summed E-state index contributed by atoms with van der Waals surface area (Å²) in [5.41, 5.74) is 0. The summed E-state index contributed by atoms with van der Waals surface area (Å²) in [6.45, 7) is 6.52. The van der Waals surface area contributed by atoms with Crippen molar-refractivity contribution in [3.63, 3.8) is 0 Å². The lowest BCUT2D eigenvalue weighted by Gasteiger charge is -2.25. The van der Waals surface area contributed by atoms with Gasteiger partial charge in [-0.2, -0.15) is 0 Å². The lowest BCUT2D eigenvalue weighted by molar-refractivity contribution is 0.0280. The minimum atomic E-state index is 0.436. The van der Waals surface area contributed by atoms with Crippen LogP contribution in [0.3, 0.4) is 0 Å². The third kappa shape index (κ3) is 5.05. The number of rotatable bonds is 8. The van der Waals surface area contributed by atoms with Gasteiger partial charge in [-0.05, 0) is 64.8 Å². The van der Waals surface area contributed by atoms with E-state index in [1.54, 1.807) is 0 Å². The summed E-state index contributed by atoms with van der Waals surface area (Å²) >= 11 is 0. The van der Waals surface area contributed by atoms with Gasteiger partial charge in [0, 0.05) is 12.6 Å². The van der Waals surface area contributed by atoms with E-state index in [0.29, 0.717) is 24.4 Å². The van der Waals surface area contributed by atoms with E-state index in [9.17, 15) is 0 Å². The fourth-order valence-corrected chi connectivity index (χ4v) is 3.32. The molecular weight excluding hydrogens is 238 g/mol. The highest BCUT2D eigenvalue weighted by atomic mass is 16.5. The van der Waals surface area contributed by atoms with E-state index in [1.165, 1.54) is 51.4 Å². The largest absolute Gasteiger partial charge is 0.378 e. The highest BCUT2D eigenvalue weighted by Gasteiger charge is 2.29. The van der Waals surface area contributed by atoms with E-state index in [2.05, 4.69) is 19.2 Å². The zero-order valence-corrected chi connectivity index (χ0v) is 12.7. The summed E-state index contributed by atoms with van der Waals surface area (Å²) in [6.07, 6.45) is 11.3. The molecule has 0 aromatic heterocycles. The lowest BCUT2D eigenvalue weighted by Crippen LogP contribution is -2.40. The Balaban J connectivity index is 1.69. The van der Waals surface area contributed by atoms with E-state index in [0.717, 1.165) is 13.2 Å². The SMILES string of the molecule is CCCNC(CCCC1CCCO1)C1CCC(C)O1. The summed E-state index contributed by atoms with van der Waals surface area (Å²) in [5, 5.41) is 3.69. The van der Waals surface area contributed by atoms with Crippen LogP contribution in [0.15, 0.2) is 0 Å². The monoisotopic (exact) mass is 269 g/mol. The van der Waals surface area contributed by atoms with Gasteiger partial charge in [-0.3, -0.25) is 0 Å². The molecule has 19 heavy (non-hydrogen) atoms. The Morgan fingerprint density at radius 1 is 1.26 bits per heavy atom. The van der Waals surface area contributed by atoms with Crippen molar-refractivity contribution in [2.45, 2.75) is 89.6 Å². The molecule has 1 N–H and O–H groups in total. The van der Waals surface area contributed by atoms with Crippen LogP contribution in [-0.2, 0) is 9.47 Å². The van der Waals surface area contributed by atoms with Crippen molar-refractivity contribution in [2.24, 2.45) is 0 Å². The van der Waals surface area contributed by atoms with Gasteiger partial charge in [-0.25, -0.2) is 0 Å². The van der Waals surface area contributed by atoms with Crippen LogP contribution in [0.5, 0.6) is 0 Å². The van der Waals surface area contributed by atoms with Gasteiger partial charge in [0.2, 0.25) is 0 Å². The first-order chi connectivity index (χ1) is 9.29. The molecule has 0 aromatic carbocycles. The molecule has 0 amide bonds. The van der Waals surface area contributed by atoms with Gasteiger partial charge in [0.25, 0.3) is 0 Å². The Morgan fingerprint density at radius 3 is 2.79 bits per heavy atom. The molecule has 2 saturated heterocycles. The number of ether oxygens (including phenoxy) is 2. The summed E-state index contributed by atoms with van der Waals surface area (Å²) in [4.78, 5) is 0. The van der Waals surface area contributed by atoms with Crippen molar-refractivity contribution >= 4 is 0 Å². The van der Waals surface area contributed by atoms with E-state index in [-0.39, 0.29) is 0 Å². The van der Waals surface area contributed by atoms with Crippen LogP contribution in [0.25, 0.3) is 0 Å². The molecule has 0 radical (unpaired) electrons. The third-order valence-corrected chi connectivity index (χ3v) is 4.44. The molecule has 2 aliphatic heterocycles. The molecule has 0 aromatic rings. The Hall–Kier alpha value is -0.120. The minimum absolute atomic E-state index is 0.436. The quantitative estimate of drug-likeness (QED) is 0.733. The Morgan fingerprint density at radius 2 is 2.16 bits per heavy atom. The summed E-state index contributed by atoms with van der Waals surface area (Å²) in [7, 11) is 0. The standard InChI is InChI=1S/C16H31NO2/c1-3-11-17-15(16-10-9-13(2)19-16)8-4-6-14-7-5-12-18-14/h13-17H,3-12H2,1-2H3. The average molecular weight is 269 g/mol. The molecule has 3 heteroatoms. The molecule has 4 unspecified atom stereocenters. The van der Waals surface area contributed by atoms with Crippen molar-refractivity contribution in [3.8, 4) is 0 Å². The topological polar surface area (TPSA) is 30.5 Å². The molecule has 2 rings (SSSR count). The predicted molar refractivity (Wildman–Crippen MR) is 78.5 cm³/mol. The zero-order valence-electron chi connectivity index (χ0n) is 12.7. The molecule has 4 atom stereocenters. The first kappa shape index (κ1) is 15.3. The van der Waals surface area contributed by atoms with Crippen LogP contribution in [0.2, 0.25) is 0 Å². The fraction of sp³-hybridized carbons (Fsp3) is 1.00. The van der Waals surface area contributed by atoms with Gasteiger partial charge in [0.1, 0.15) is 0 Å². The lowest BCUT2D eigenvalue weighted by atomic mass is 9.99. The van der Waals surface area contributed by atoms with Gasteiger partial charge in [-0.15, -0.1) is 0 Å². The molecule has 3 nitrogen and oxygen atoms in total. The molecule has 2 aliphatic rings. The molecule has 2 fully saturated rings. The third-order valence-electron chi connectivity index (χ3n) is 4.44. The number of hydrogen-bond donors (Lipinski definition) is 1. The Bertz CT molecular complexity index is 241. The molecule has 0 spiro atoms. The normalized spacial score (nSPS) is 32.8. The maximum Gasteiger partial charge on any atom is 0.0732 e. The summed E-state index contributed by atoms with van der Waals surface area (Å²) in [5.74, 6) is 0. The van der Waals surface area contributed by atoms with E-state index < -0.39 is 0 Å². The Labute approximate surface area is 118 Å². The van der Waals surface area contributed by atoms with Crippen LogP contribution < -0.4 is 5.32 Å². The van der Waals surface area contributed by atoms with Gasteiger partial charge in [0.05, 0.1) is 18.3 Å². The second kappa shape index (κ2) is 8.23. The van der Waals surface area contributed by atoms with Crippen LogP contribution in [0, 0.1) is 0 Å². The predicted octanol–water partition coefficient (Wildman–Crippen LogP) is 3.27. The van der Waals surface area contributed by atoms with Gasteiger partial charge in [0.15, 0.2) is 0 Å². The van der Waals surface area contributed by atoms with Crippen molar-refractivity contribution in [1.29, 1.82) is 0 Å². The summed E-state index contributed by atoms with van der Waals surface area (Å²) < 4.78 is 11.8. The first-order valence-corrected chi connectivity index (χ1v) is 8.30. The smallest absolute Gasteiger partial charge is 0.0732 e. The maximum atomic E-state index is 6.05. The highest BCUT2D eigenvalue weighted by molar-refractivity contribution is 4.83. The number of nitrogens with one attached hydrogen (secondary N) is 1. The molecule has 0 aliphatic carbocycles. The number of hydrogen-bond acceptors (Lipinski definition) is 3. The molecule has 112 valence electrons. The first-order valence-electron chi connectivity index (χ1n) is 8.30. The van der Waals surface area contributed by atoms with Crippen LogP contribution in [0.1, 0.15) is 65.2 Å². The van der Waals surface area contributed by atoms with E-state index in [1.807, 2.05) is 0 Å². The molecule has 2 heterocycles. The van der Waals surface area contributed by atoms with Crippen LogP contribution in [0.4, 0.5) is 0 Å². The van der Waals surface area contributed by atoms with Crippen LogP contribution >= 0.6 is 0 Å². The fourth-order valence-electron chi connectivity index (χ4n) is 3.32. The summed E-state index contributed by atoms with van der Waals surface area (Å²) in [6, 6.07) is 0.548. The van der Waals surface area contributed by atoms with E-state index >= 15 is 0 Å². The van der Waals surface area contributed by atoms with Crippen molar-refractivity contribution in [1.82, 2.24) is 5.32 Å². The second-order valence-corrected chi connectivity index (χ2v) is 6.19. The van der Waals surface area contributed by atoms with Gasteiger partial charge in [-0.1, -0.05) is 6.92 Å².